The Morgan fingerprint density at radius 3 is 2.50 bits per heavy atom. The van der Waals surface area contributed by atoms with E-state index in [1.807, 2.05) is 35.9 Å². The molecule has 2 aromatic heterocycles. The number of likely N-dealkylation sites (tertiary alicyclic amines) is 1. The van der Waals surface area contributed by atoms with Crippen molar-refractivity contribution in [3.8, 4) is 34.3 Å². The minimum Gasteiger partial charge on any atom is -0.495 e. The Hall–Kier alpha value is -3.45. The van der Waals surface area contributed by atoms with E-state index in [2.05, 4.69) is 44.3 Å². The van der Waals surface area contributed by atoms with Crippen molar-refractivity contribution in [1.29, 1.82) is 0 Å². The van der Waals surface area contributed by atoms with Crippen LogP contribution in [0.2, 0.25) is 0 Å². The molecule has 0 atom stereocenters. The lowest BCUT2D eigenvalue weighted by Gasteiger charge is -2.26. The molecular weight excluding hydrogens is 402 g/mol. The van der Waals surface area contributed by atoms with Crippen molar-refractivity contribution in [1.82, 2.24) is 24.6 Å². The largest absolute Gasteiger partial charge is 0.495 e. The minimum absolute atomic E-state index is 0.512. The number of imidazole rings is 1. The van der Waals surface area contributed by atoms with Gasteiger partial charge in [-0.25, -0.2) is 4.98 Å². The molecule has 1 aliphatic heterocycles. The summed E-state index contributed by atoms with van der Waals surface area (Å²) in [5.41, 5.74) is 4.92. The van der Waals surface area contributed by atoms with Crippen molar-refractivity contribution in [2.75, 3.05) is 20.2 Å². The summed E-state index contributed by atoms with van der Waals surface area (Å²) in [5, 5.41) is 4.19. The Morgan fingerprint density at radius 2 is 1.78 bits per heavy atom. The molecule has 2 aromatic carbocycles. The number of rotatable bonds is 6. The van der Waals surface area contributed by atoms with Crippen LogP contribution in [0.1, 0.15) is 30.5 Å². The lowest BCUT2D eigenvalue weighted by Crippen LogP contribution is -2.28. The molecule has 0 radical (unpaired) electrons. The Balaban J connectivity index is 1.34. The Morgan fingerprint density at radius 1 is 1.00 bits per heavy atom. The summed E-state index contributed by atoms with van der Waals surface area (Å²) >= 11 is 0. The molecule has 164 valence electrons. The first-order chi connectivity index (χ1) is 15.7. The van der Waals surface area contributed by atoms with Crippen molar-refractivity contribution >= 4 is 0 Å². The Labute approximate surface area is 187 Å². The fourth-order valence-corrected chi connectivity index (χ4v) is 4.17. The van der Waals surface area contributed by atoms with E-state index in [0.29, 0.717) is 17.5 Å². The van der Waals surface area contributed by atoms with Gasteiger partial charge in [0, 0.05) is 23.9 Å². The fourth-order valence-electron chi connectivity index (χ4n) is 4.17. The molecule has 1 aliphatic rings. The topological polar surface area (TPSA) is 69.2 Å². The Bertz CT molecular complexity index is 1190. The lowest BCUT2D eigenvalue weighted by molar-refractivity contribution is 0.221. The molecule has 7 nitrogen and oxygen atoms in total. The predicted octanol–water partition coefficient (Wildman–Crippen LogP) is 4.89. The van der Waals surface area contributed by atoms with E-state index in [-0.39, 0.29) is 0 Å². The SMILES string of the molecule is COc1cc(-c2noc(-c3ccc(CN4CCCCC4)cc3)n2)ccc1-n1cnc(C)c1. The number of benzene rings is 2. The molecule has 4 aromatic rings. The second-order valence-corrected chi connectivity index (χ2v) is 8.27. The van der Waals surface area contributed by atoms with Gasteiger partial charge in [0.05, 0.1) is 24.8 Å². The highest BCUT2D eigenvalue weighted by molar-refractivity contribution is 5.65. The third-order valence-corrected chi connectivity index (χ3v) is 5.91. The van der Waals surface area contributed by atoms with Crippen molar-refractivity contribution in [2.45, 2.75) is 32.7 Å². The van der Waals surface area contributed by atoms with Crippen LogP contribution in [0.5, 0.6) is 5.75 Å². The van der Waals surface area contributed by atoms with Crippen molar-refractivity contribution in [3.63, 3.8) is 0 Å². The quantitative estimate of drug-likeness (QED) is 0.435. The zero-order chi connectivity index (χ0) is 21.9. The van der Waals surface area contributed by atoms with Gasteiger partial charge < -0.3 is 13.8 Å². The molecule has 0 spiro atoms. The summed E-state index contributed by atoms with van der Waals surface area (Å²) in [7, 11) is 1.65. The number of methoxy groups -OCH3 is 1. The van der Waals surface area contributed by atoms with E-state index in [4.69, 9.17) is 9.26 Å². The highest BCUT2D eigenvalue weighted by Crippen LogP contribution is 2.30. The second kappa shape index (κ2) is 8.96. The molecule has 0 N–H and O–H groups in total. The molecule has 0 aliphatic carbocycles. The monoisotopic (exact) mass is 429 g/mol. The van der Waals surface area contributed by atoms with Crippen LogP contribution in [-0.2, 0) is 6.54 Å². The third kappa shape index (κ3) is 4.29. The zero-order valence-electron chi connectivity index (χ0n) is 18.5. The van der Waals surface area contributed by atoms with Gasteiger partial charge in [-0.2, -0.15) is 4.98 Å². The molecule has 0 unspecified atom stereocenters. The van der Waals surface area contributed by atoms with Crippen LogP contribution >= 0.6 is 0 Å². The first kappa shape index (κ1) is 20.5. The molecule has 1 fully saturated rings. The number of ether oxygens (including phenoxy) is 1. The number of hydrogen-bond acceptors (Lipinski definition) is 6. The van der Waals surface area contributed by atoms with Gasteiger partial charge in [-0.15, -0.1) is 0 Å². The predicted molar refractivity (Wildman–Crippen MR) is 123 cm³/mol. The van der Waals surface area contributed by atoms with E-state index in [1.54, 1.807) is 13.4 Å². The highest BCUT2D eigenvalue weighted by atomic mass is 16.5. The van der Waals surface area contributed by atoms with Crippen LogP contribution in [0, 0.1) is 6.92 Å². The van der Waals surface area contributed by atoms with E-state index in [0.717, 1.165) is 29.1 Å². The van der Waals surface area contributed by atoms with Crippen molar-refractivity contribution in [2.24, 2.45) is 0 Å². The molecule has 3 heterocycles. The summed E-state index contributed by atoms with van der Waals surface area (Å²) in [6.45, 7) is 5.34. The molecule has 0 amide bonds. The van der Waals surface area contributed by atoms with Crippen LogP contribution in [-0.4, -0.2) is 44.8 Å². The lowest BCUT2D eigenvalue weighted by atomic mass is 10.1. The van der Waals surface area contributed by atoms with Crippen LogP contribution in [0.15, 0.2) is 59.5 Å². The summed E-state index contributed by atoms with van der Waals surface area (Å²) in [5.74, 6) is 1.76. The van der Waals surface area contributed by atoms with Crippen molar-refractivity contribution in [3.05, 3.63) is 66.2 Å². The van der Waals surface area contributed by atoms with Gasteiger partial charge >= 0.3 is 0 Å². The first-order valence-corrected chi connectivity index (χ1v) is 11.0. The maximum absolute atomic E-state index is 5.60. The summed E-state index contributed by atoms with van der Waals surface area (Å²) in [6, 6.07) is 14.3. The molecule has 7 heteroatoms. The normalized spacial score (nSPS) is 14.6. The van der Waals surface area contributed by atoms with E-state index < -0.39 is 0 Å². The minimum atomic E-state index is 0.512. The smallest absolute Gasteiger partial charge is 0.258 e. The van der Waals surface area contributed by atoms with Crippen LogP contribution in [0.25, 0.3) is 28.5 Å². The number of hydrogen-bond donors (Lipinski definition) is 0. The van der Waals surface area contributed by atoms with E-state index >= 15 is 0 Å². The fraction of sp³-hybridized carbons (Fsp3) is 0.320. The number of nitrogens with zero attached hydrogens (tertiary/aromatic N) is 5. The van der Waals surface area contributed by atoms with Gasteiger partial charge in [-0.3, -0.25) is 4.90 Å². The Kier molecular flexibility index (Phi) is 5.73. The van der Waals surface area contributed by atoms with Crippen LogP contribution in [0.3, 0.4) is 0 Å². The third-order valence-electron chi connectivity index (χ3n) is 5.91. The molecule has 5 rings (SSSR count). The van der Waals surface area contributed by atoms with Gasteiger partial charge in [-0.1, -0.05) is 23.7 Å². The molecule has 0 saturated carbocycles. The first-order valence-electron chi connectivity index (χ1n) is 11.0. The maximum atomic E-state index is 5.60. The van der Waals surface area contributed by atoms with Crippen LogP contribution < -0.4 is 4.74 Å². The zero-order valence-corrected chi connectivity index (χ0v) is 18.5. The number of aromatic nitrogens is 4. The van der Waals surface area contributed by atoms with Gasteiger partial charge in [0.2, 0.25) is 5.82 Å². The molecule has 0 bridgehead atoms. The van der Waals surface area contributed by atoms with Gasteiger partial charge in [0.15, 0.2) is 0 Å². The standard InChI is InChI=1S/C25H27N5O2/c1-18-15-30(17-26-18)22-11-10-21(14-23(22)31-2)24-27-25(32-28-24)20-8-6-19(7-9-20)16-29-12-4-3-5-13-29/h6-11,14-15,17H,3-5,12-13,16H2,1-2H3. The van der Waals surface area contributed by atoms with E-state index in [9.17, 15) is 0 Å². The molecular formula is C25H27N5O2. The molecule has 1 saturated heterocycles. The average molecular weight is 430 g/mol. The van der Waals surface area contributed by atoms with E-state index in [1.165, 1.54) is 37.9 Å². The van der Waals surface area contributed by atoms with Gasteiger partial charge in [0.1, 0.15) is 5.75 Å². The number of aryl methyl sites for hydroxylation is 1. The molecule has 32 heavy (non-hydrogen) atoms. The van der Waals surface area contributed by atoms with Gasteiger partial charge in [0.25, 0.3) is 5.89 Å². The maximum Gasteiger partial charge on any atom is 0.258 e. The van der Waals surface area contributed by atoms with Crippen LogP contribution in [0.4, 0.5) is 0 Å². The number of piperidine rings is 1. The van der Waals surface area contributed by atoms with Crippen molar-refractivity contribution < 1.29 is 9.26 Å². The van der Waals surface area contributed by atoms with Gasteiger partial charge in [-0.05, 0) is 68.8 Å². The average Bonchev–Trinajstić information content (AvgIpc) is 3.49. The second-order valence-electron chi connectivity index (χ2n) is 8.27. The summed E-state index contributed by atoms with van der Waals surface area (Å²) in [6.07, 6.45) is 7.69. The highest BCUT2D eigenvalue weighted by Gasteiger charge is 2.15. The summed E-state index contributed by atoms with van der Waals surface area (Å²) < 4.78 is 13.1. The summed E-state index contributed by atoms with van der Waals surface area (Å²) in [4.78, 5) is 11.4.